The predicted molar refractivity (Wildman–Crippen MR) is 228 cm³/mol. The normalized spacial score (nSPS) is 14.4. The van der Waals surface area contributed by atoms with Crippen molar-refractivity contribution in [2.75, 3.05) is 9.80 Å². The molecule has 0 aromatic heterocycles. The van der Waals surface area contributed by atoms with E-state index in [2.05, 4.69) is 211 Å². The van der Waals surface area contributed by atoms with Gasteiger partial charge >= 0.3 is 0 Å². The van der Waals surface area contributed by atoms with Crippen molar-refractivity contribution in [3.05, 3.63) is 222 Å². The standard InChI is InChI=1S/C50H35BN2S/c1-34-15-8-10-25-44(34)53-45-26-11-9-24-42(45)51-43-30-29-38-32-48(43)52(46-27-14-28-47(53)49(46)51)39-21-13-23-41(33-39)54-40-22-12-20-37(31-40)50(38,35-16-4-2-5-17-35)36-18-6-3-7-19-36/h2-33H,1H3. The average molecular weight is 707 g/mol. The summed E-state index contributed by atoms with van der Waals surface area (Å²) in [6.07, 6.45) is 0. The van der Waals surface area contributed by atoms with Gasteiger partial charge in [-0.05, 0) is 112 Å². The molecule has 2 nitrogen and oxygen atoms in total. The van der Waals surface area contributed by atoms with Gasteiger partial charge in [0.2, 0.25) is 0 Å². The van der Waals surface area contributed by atoms with Gasteiger partial charge in [0.25, 0.3) is 6.71 Å². The number of nitrogens with zero attached hydrogens (tertiary/aromatic N) is 2. The number of fused-ring (bicyclic) bond motifs is 10. The minimum Gasteiger partial charge on any atom is -0.311 e. The van der Waals surface area contributed by atoms with Crippen LogP contribution in [0.3, 0.4) is 0 Å². The molecule has 0 fully saturated rings. The van der Waals surface area contributed by atoms with Gasteiger partial charge in [0.15, 0.2) is 0 Å². The van der Waals surface area contributed by atoms with E-state index in [0.29, 0.717) is 0 Å². The minimum atomic E-state index is -0.569. The van der Waals surface area contributed by atoms with Crippen molar-refractivity contribution < 1.29 is 0 Å². The molecule has 54 heavy (non-hydrogen) atoms. The van der Waals surface area contributed by atoms with Gasteiger partial charge in [-0.1, -0.05) is 145 Å². The van der Waals surface area contributed by atoms with Gasteiger partial charge in [0.1, 0.15) is 0 Å². The number of benzene rings is 8. The first-order chi connectivity index (χ1) is 26.7. The van der Waals surface area contributed by atoms with Crippen molar-refractivity contribution in [1.82, 2.24) is 0 Å². The van der Waals surface area contributed by atoms with E-state index in [1.165, 1.54) is 82.4 Å². The highest BCUT2D eigenvalue weighted by Crippen LogP contribution is 2.50. The first kappa shape index (κ1) is 31.3. The van der Waals surface area contributed by atoms with Crippen molar-refractivity contribution >= 4 is 69.0 Å². The van der Waals surface area contributed by atoms with E-state index in [1.807, 2.05) is 11.8 Å². The van der Waals surface area contributed by atoms with E-state index in [0.717, 1.165) is 5.69 Å². The number of para-hydroxylation sites is 2. The first-order valence-electron chi connectivity index (χ1n) is 18.7. The molecule has 0 radical (unpaired) electrons. The van der Waals surface area contributed by atoms with Gasteiger partial charge in [-0.2, -0.15) is 0 Å². The first-order valence-corrected chi connectivity index (χ1v) is 19.5. The molecule has 3 aliphatic rings. The molecule has 254 valence electrons. The summed E-state index contributed by atoms with van der Waals surface area (Å²) in [5.41, 5.74) is 16.9. The van der Waals surface area contributed by atoms with Crippen LogP contribution in [0, 0.1) is 6.92 Å². The predicted octanol–water partition coefficient (Wildman–Crippen LogP) is 10.9. The maximum Gasteiger partial charge on any atom is 0.252 e. The molecule has 3 heterocycles. The smallest absolute Gasteiger partial charge is 0.252 e. The van der Waals surface area contributed by atoms with Gasteiger partial charge in [-0.25, -0.2) is 0 Å². The number of hydrogen-bond acceptors (Lipinski definition) is 3. The lowest BCUT2D eigenvalue weighted by atomic mass is 9.33. The summed E-state index contributed by atoms with van der Waals surface area (Å²) < 4.78 is 0. The molecular weight excluding hydrogens is 671 g/mol. The van der Waals surface area contributed by atoms with E-state index >= 15 is 0 Å². The largest absolute Gasteiger partial charge is 0.311 e. The monoisotopic (exact) mass is 706 g/mol. The van der Waals surface area contributed by atoms with Crippen molar-refractivity contribution in [1.29, 1.82) is 0 Å². The van der Waals surface area contributed by atoms with Crippen LogP contribution in [-0.2, 0) is 5.41 Å². The Hall–Kier alpha value is -6.23. The van der Waals surface area contributed by atoms with Gasteiger partial charge < -0.3 is 9.80 Å². The van der Waals surface area contributed by atoms with E-state index in [1.54, 1.807) is 0 Å². The Morgan fingerprint density at radius 2 is 0.963 bits per heavy atom. The second-order valence-electron chi connectivity index (χ2n) is 14.5. The van der Waals surface area contributed by atoms with Crippen LogP contribution in [0.15, 0.2) is 204 Å². The highest BCUT2D eigenvalue weighted by Gasteiger charge is 2.45. The van der Waals surface area contributed by atoms with E-state index in [4.69, 9.17) is 0 Å². The van der Waals surface area contributed by atoms with Crippen LogP contribution < -0.4 is 26.2 Å². The van der Waals surface area contributed by atoms with Crippen molar-refractivity contribution in [2.45, 2.75) is 22.1 Å². The molecule has 0 spiro atoms. The number of rotatable bonds is 3. The molecule has 8 aromatic rings. The van der Waals surface area contributed by atoms with Gasteiger partial charge in [0.05, 0.1) is 5.41 Å². The topological polar surface area (TPSA) is 6.48 Å². The zero-order chi connectivity index (χ0) is 35.8. The quantitative estimate of drug-likeness (QED) is 0.169. The SMILES string of the molecule is Cc1ccccc1N1c2ccccc2B2c3ccc4cc3N(c3cccc(c3)Sc3cccc(c3)C4(c3ccccc3)c3ccccc3)c3cccc1c32. The third-order valence-electron chi connectivity index (χ3n) is 11.7. The summed E-state index contributed by atoms with van der Waals surface area (Å²) in [7, 11) is 0. The molecule has 0 saturated carbocycles. The Morgan fingerprint density at radius 3 is 1.72 bits per heavy atom. The maximum atomic E-state index is 2.54. The van der Waals surface area contributed by atoms with E-state index < -0.39 is 5.41 Å². The fraction of sp³-hybridized carbons (Fsp3) is 0.0400. The number of anilines is 6. The van der Waals surface area contributed by atoms with Crippen LogP contribution in [0.5, 0.6) is 0 Å². The summed E-state index contributed by atoms with van der Waals surface area (Å²) in [4.78, 5) is 7.47. The Balaban J connectivity index is 1.27. The lowest BCUT2D eigenvalue weighted by Crippen LogP contribution is -2.61. The van der Waals surface area contributed by atoms with Crippen molar-refractivity contribution in [2.24, 2.45) is 0 Å². The fourth-order valence-corrected chi connectivity index (χ4v) is 10.4. The number of aryl methyl sites for hydroxylation is 1. The van der Waals surface area contributed by atoms with Crippen LogP contribution in [-0.4, -0.2) is 6.71 Å². The molecule has 0 unspecified atom stereocenters. The Kier molecular flexibility index (Phi) is 7.05. The maximum absolute atomic E-state index is 2.54. The van der Waals surface area contributed by atoms with Crippen molar-refractivity contribution in [3.8, 4) is 0 Å². The Bertz CT molecular complexity index is 2700. The van der Waals surface area contributed by atoms with Gasteiger partial charge in [-0.3, -0.25) is 0 Å². The van der Waals surface area contributed by atoms with Crippen LogP contribution in [0.25, 0.3) is 0 Å². The second kappa shape index (κ2) is 12.2. The molecular formula is C50H35BN2S. The summed E-state index contributed by atoms with van der Waals surface area (Å²) in [6.45, 7) is 2.28. The summed E-state index contributed by atoms with van der Waals surface area (Å²) in [5, 5.41) is 0. The summed E-state index contributed by atoms with van der Waals surface area (Å²) in [5.74, 6) is 0. The summed E-state index contributed by atoms with van der Waals surface area (Å²) in [6, 6.07) is 72.6. The molecule has 4 heteroatoms. The molecule has 8 aromatic carbocycles. The zero-order valence-electron chi connectivity index (χ0n) is 29.9. The van der Waals surface area contributed by atoms with Crippen LogP contribution in [0.2, 0.25) is 0 Å². The molecule has 0 aliphatic carbocycles. The highest BCUT2D eigenvalue weighted by molar-refractivity contribution is 7.99. The lowest BCUT2D eigenvalue weighted by Gasteiger charge is -2.45. The lowest BCUT2D eigenvalue weighted by molar-refractivity contribution is 0.742. The molecule has 3 aliphatic heterocycles. The molecule has 0 N–H and O–H groups in total. The Morgan fingerprint density at radius 1 is 0.407 bits per heavy atom. The van der Waals surface area contributed by atoms with Crippen molar-refractivity contribution in [3.63, 3.8) is 0 Å². The molecule has 11 rings (SSSR count). The van der Waals surface area contributed by atoms with Crippen LogP contribution in [0.1, 0.15) is 27.8 Å². The zero-order valence-corrected chi connectivity index (χ0v) is 30.7. The van der Waals surface area contributed by atoms with Crippen LogP contribution >= 0.6 is 11.8 Å². The molecule has 6 bridgehead atoms. The van der Waals surface area contributed by atoms with Gasteiger partial charge in [0, 0.05) is 43.9 Å². The molecule has 0 saturated heterocycles. The number of hydrogen-bond donors (Lipinski definition) is 0. The van der Waals surface area contributed by atoms with E-state index in [-0.39, 0.29) is 6.71 Å². The third kappa shape index (κ3) is 4.50. The second-order valence-corrected chi connectivity index (χ2v) is 15.7. The van der Waals surface area contributed by atoms with E-state index in [9.17, 15) is 0 Å². The fourth-order valence-electron chi connectivity index (χ4n) is 9.46. The molecule has 0 amide bonds. The molecule has 0 atom stereocenters. The Labute approximate surface area is 321 Å². The third-order valence-corrected chi connectivity index (χ3v) is 12.7. The summed E-state index contributed by atoms with van der Waals surface area (Å²) >= 11 is 1.83. The average Bonchev–Trinajstić information content (AvgIpc) is 3.22. The van der Waals surface area contributed by atoms with Gasteiger partial charge in [-0.15, -0.1) is 0 Å². The highest BCUT2D eigenvalue weighted by atomic mass is 32.2. The van der Waals surface area contributed by atoms with Crippen LogP contribution in [0.4, 0.5) is 34.1 Å². The minimum absolute atomic E-state index is 0.0598.